The molecule has 0 atom stereocenters. The Morgan fingerprint density at radius 1 is 0.886 bits per heavy atom. The van der Waals surface area contributed by atoms with Crippen LogP contribution in [0.3, 0.4) is 0 Å². The zero-order chi connectivity index (χ0) is 24.0. The quantitative estimate of drug-likeness (QED) is 0.289. The van der Waals surface area contributed by atoms with E-state index in [0.29, 0.717) is 33.9 Å². The van der Waals surface area contributed by atoms with Gasteiger partial charge in [0, 0.05) is 23.0 Å². The normalized spacial score (nSPS) is 13.9. The average molecular weight is 488 g/mol. The number of benzene rings is 3. The summed E-state index contributed by atoms with van der Waals surface area (Å²) in [6.07, 6.45) is 5.74. The summed E-state index contributed by atoms with van der Waals surface area (Å²) in [5, 5.41) is 14.2. The van der Waals surface area contributed by atoms with Crippen LogP contribution >= 0.6 is 11.9 Å². The summed E-state index contributed by atoms with van der Waals surface area (Å²) in [6, 6.07) is 20.2. The Morgan fingerprint density at radius 3 is 2.54 bits per heavy atom. The van der Waals surface area contributed by atoms with E-state index in [9.17, 15) is 9.59 Å². The van der Waals surface area contributed by atoms with Gasteiger partial charge in [0.15, 0.2) is 5.52 Å². The Bertz CT molecular complexity index is 1340. The van der Waals surface area contributed by atoms with Crippen LogP contribution in [0.5, 0.6) is 0 Å². The number of carbonyl (C=O) groups excluding carboxylic acids is 2. The number of para-hydroxylation sites is 1. The van der Waals surface area contributed by atoms with Gasteiger partial charge in [0.2, 0.25) is 0 Å². The molecule has 0 radical (unpaired) electrons. The van der Waals surface area contributed by atoms with Crippen molar-refractivity contribution < 1.29 is 14.2 Å². The first-order valence-corrected chi connectivity index (χ1v) is 12.4. The molecule has 1 aliphatic rings. The molecule has 5 rings (SSSR count). The monoisotopic (exact) mass is 487 g/mol. The van der Waals surface area contributed by atoms with Crippen LogP contribution in [0.2, 0.25) is 0 Å². The molecule has 3 aromatic carbocycles. The molecule has 1 saturated carbocycles. The van der Waals surface area contributed by atoms with Crippen molar-refractivity contribution in [3.05, 3.63) is 77.9 Å². The van der Waals surface area contributed by atoms with E-state index in [1.807, 2.05) is 48.5 Å². The highest BCUT2D eigenvalue weighted by molar-refractivity contribution is 7.98. The number of carbonyl (C=O) groups is 2. The van der Waals surface area contributed by atoms with Crippen molar-refractivity contribution in [1.29, 1.82) is 0 Å². The zero-order valence-electron chi connectivity index (χ0n) is 19.0. The standard InChI is InChI=1S/C26H25N5O3S/c32-25(31-35-23-13-7-12-22-24(23)30-34-29-22)17-14-15-21(27-18-8-3-1-4-9-18)20(16-17)26(33)28-19-10-5-2-6-11-19/h2,5-7,10-16,18,27H,1,3-4,8-9H2,(H,28,33)(H,31,32). The summed E-state index contributed by atoms with van der Waals surface area (Å²) in [5.74, 6) is -0.586. The summed E-state index contributed by atoms with van der Waals surface area (Å²) in [7, 11) is 0. The maximum atomic E-state index is 13.2. The Kier molecular flexibility index (Phi) is 6.94. The summed E-state index contributed by atoms with van der Waals surface area (Å²) < 4.78 is 7.62. The van der Waals surface area contributed by atoms with Crippen LogP contribution in [0, 0.1) is 0 Å². The van der Waals surface area contributed by atoms with Crippen LogP contribution in [-0.4, -0.2) is 28.2 Å². The molecule has 2 amide bonds. The lowest BCUT2D eigenvalue weighted by Gasteiger charge is -2.25. The summed E-state index contributed by atoms with van der Waals surface area (Å²) in [6.45, 7) is 0. The lowest BCUT2D eigenvalue weighted by atomic mass is 9.95. The molecule has 0 spiro atoms. The van der Waals surface area contributed by atoms with Gasteiger partial charge in [-0.15, -0.1) is 0 Å². The van der Waals surface area contributed by atoms with E-state index < -0.39 is 0 Å². The van der Waals surface area contributed by atoms with E-state index in [1.165, 1.54) is 19.3 Å². The Hall–Kier alpha value is -3.85. The van der Waals surface area contributed by atoms with Gasteiger partial charge in [-0.2, -0.15) is 0 Å². The van der Waals surface area contributed by atoms with Crippen LogP contribution < -0.4 is 15.4 Å². The Balaban J connectivity index is 1.36. The highest BCUT2D eigenvalue weighted by Crippen LogP contribution is 2.27. The van der Waals surface area contributed by atoms with Crippen molar-refractivity contribution in [2.45, 2.75) is 43.0 Å². The number of hydrogen-bond donors (Lipinski definition) is 3. The van der Waals surface area contributed by atoms with Crippen LogP contribution in [0.15, 0.2) is 76.3 Å². The minimum atomic E-state index is -0.318. The molecule has 35 heavy (non-hydrogen) atoms. The molecule has 1 heterocycles. The third-order valence-corrected chi connectivity index (χ3v) is 6.86. The number of amides is 2. The molecule has 0 bridgehead atoms. The lowest BCUT2D eigenvalue weighted by molar-refractivity contribution is 0.0984. The van der Waals surface area contributed by atoms with Crippen molar-refractivity contribution in [3.8, 4) is 0 Å². The number of nitrogens with one attached hydrogen (secondary N) is 3. The van der Waals surface area contributed by atoms with Crippen LogP contribution in [0.25, 0.3) is 11.0 Å². The third-order valence-electron chi connectivity index (χ3n) is 6.03. The molecule has 4 aromatic rings. The van der Waals surface area contributed by atoms with Gasteiger partial charge in [0.1, 0.15) is 5.52 Å². The highest BCUT2D eigenvalue weighted by Gasteiger charge is 2.20. The van der Waals surface area contributed by atoms with Gasteiger partial charge in [-0.1, -0.05) is 43.5 Å². The van der Waals surface area contributed by atoms with Gasteiger partial charge < -0.3 is 10.6 Å². The van der Waals surface area contributed by atoms with E-state index >= 15 is 0 Å². The largest absolute Gasteiger partial charge is 0.382 e. The second-order valence-corrected chi connectivity index (χ2v) is 9.33. The van der Waals surface area contributed by atoms with Crippen molar-refractivity contribution in [1.82, 2.24) is 15.0 Å². The molecule has 1 aliphatic carbocycles. The summed E-state index contributed by atoms with van der Waals surface area (Å²) in [4.78, 5) is 26.9. The van der Waals surface area contributed by atoms with Crippen molar-refractivity contribution >= 4 is 46.2 Å². The van der Waals surface area contributed by atoms with Crippen molar-refractivity contribution in [3.63, 3.8) is 0 Å². The van der Waals surface area contributed by atoms with Gasteiger partial charge in [0.05, 0.1) is 10.5 Å². The predicted octanol–water partition coefficient (Wildman–Crippen LogP) is 5.66. The van der Waals surface area contributed by atoms with Gasteiger partial charge in [-0.3, -0.25) is 14.3 Å². The van der Waals surface area contributed by atoms with E-state index in [4.69, 9.17) is 4.63 Å². The lowest BCUT2D eigenvalue weighted by Crippen LogP contribution is -2.25. The minimum Gasteiger partial charge on any atom is -0.382 e. The second kappa shape index (κ2) is 10.6. The van der Waals surface area contributed by atoms with E-state index in [0.717, 1.165) is 35.4 Å². The summed E-state index contributed by atoms with van der Waals surface area (Å²) in [5.41, 5.74) is 3.43. The van der Waals surface area contributed by atoms with Crippen LogP contribution in [-0.2, 0) is 0 Å². The van der Waals surface area contributed by atoms with E-state index in [2.05, 4.69) is 25.7 Å². The number of fused-ring (bicyclic) bond motifs is 1. The third kappa shape index (κ3) is 5.46. The molecule has 0 saturated heterocycles. The number of nitrogens with zero attached hydrogens (tertiary/aromatic N) is 2. The topological polar surface area (TPSA) is 109 Å². The van der Waals surface area contributed by atoms with Gasteiger partial charge in [-0.05, 0) is 77.6 Å². The molecule has 1 fully saturated rings. The molecule has 9 heteroatoms. The number of hydrogen-bond acceptors (Lipinski definition) is 7. The second-order valence-electron chi connectivity index (χ2n) is 8.48. The minimum absolute atomic E-state index is 0.268. The first-order chi connectivity index (χ1) is 17.2. The molecule has 0 unspecified atom stereocenters. The number of rotatable bonds is 7. The fourth-order valence-corrected chi connectivity index (χ4v) is 4.92. The van der Waals surface area contributed by atoms with E-state index in [-0.39, 0.29) is 11.8 Å². The van der Waals surface area contributed by atoms with Crippen LogP contribution in [0.4, 0.5) is 11.4 Å². The SMILES string of the molecule is O=C(NSc1cccc2nonc12)c1ccc(NC2CCCCC2)c(C(=O)Nc2ccccc2)c1. The zero-order valence-corrected chi connectivity index (χ0v) is 19.8. The first kappa shape index (κ1) is 22.9. The average Bonchev–Trinajstić information content (AvgIpc) is 3.38. The van der Waals surface area contributed by atoms with Crippen molar-refractivity contribution in [2.75, 3.05) is 10.6 Å². The van der Waals surface area contributed by atoms with Crippen LogP contribution in [0.1, 0.15) is 52.8 Å². The van der Waals surface area contributed by atoms with Gasteiger partial charge in [0.25, 0.3) is 11.8 Å². The number of aromatic nitrogens is 2. The molecule has 0 aliphatic heterocycles. The fourth-order valence-electron chi connectivity index (χ4n) is 4.21. The van der Waals surface area contributed by atoms with E-state index in [1.54, 1.807) is 18.2 Å². The smallest absolute Gasteiger partial charge is 0.261 e. The van der Waals surface area contributed by atoms with Gasteiger partial charge >= 0.3 is 0 Å². The van der Waals surface area contributed by atoms with Crippen molar-refractivity contribution in [2.24, 2.45) is 0 Å². The molecule has 1 aromatic heterocycles. The molecule has 178 valence electrons. The maximum absolute atomic E-state index is 13.2. The van der Waals surface area contributed by atoms with Gasteiger partial charge in [-0.25, -0.2) is 4.63 Å². The maximum Gasteiger partial charge on any atom is 0.261 e. The first-order valence-electron chi connectivity index (χ1n) is 11.6. The molecular weight excluding hydrogens is 462 g/mol. The Labute approximate surface area is 207 Å². The Morgan fingerprint density at radius 2 is 1.71 bits per heavy atom. The molecule has 3 N–H and O–H groups in total. The highest BCUT2D eigenvalue weighted by atomic mass is 32.2. The molecule has 8 nitrogen and oxygen atoms in total. The summed E-state index contributed by atoms with van der Waals surface area (Å²) >= 11 is 1.13. The fraction of sp³-hybridized carbons (Fsp3) is 0.231. The molecular formula is C26H25N5O3S. The predicted molar refractivity (Wildman–Crippen MR) is 136 cm³/mol. The number of anilines is 2.